The summed E-state index contributed by atoms with van der Waals surface area (Å²) in [6.07, 6.45) is 11.9. The molecule has 11 rings (SSSR count). The van der Waals surface area contributed by atoms with E-state index in [1.54, 1.807) is 0 Å². The summed E-state index contributed by atoms with van der Waals surface area (Å²) >= 11 is 0. The Bertz CT molecular complexity index is 3390. The smallest absolute Gasteiger partial charge is 0.418 e. The third-order valence-corrected chi connectivity index (χ3v) is 13.3. The summed E-state index contributed by atoms with van der Waals surface area (Å²) < 4.78 is 39.0. The zero-order valence-corrected chi connectivity index (χ0v) is 39.2. The molecular formula is C60H46BCrF4N2O2-. The first-order valence-electron chi connectivity index (χ1n) is 23.3. The molecule has 70 heavy (non-hydrogen) atoms. The van der Waals surface area contributed by atoms with Crippen molar-refractivity contribution in [1.29, 1.82) is 0 Å². The summed E-state index contributed by atoms with van der Waals surface area (Å²) in [5, 5.41) is 15.7. The van der Waals surface area contributed by atoms with Crippen molar-refractivity contribution in [3.8, 4) is 22.3 Å². The molecule has 0 aliphatic heterocycles. The van der Waals surface area contributed by atoms with Crippen LogP contribution in [-0.4, -0.2) is 30.9 Å². The van der Waals surface area contributed by atoms with E-state index in [4.69, 9.17) is 0 Å². The zero-order chi connectivity index (χ0) is 47.5. The molecule has 0 spiro atoms. The molecule has 8 aromatic carbocycles. The van der Waals surface area contributed by atoms with E-state index in [2.05, 4.69) is 120 Å². The summed E-state index contributed by atoms with van der Waals surface area (Å²) in [4.78, 5) is 30.1. The van der Waals surface area contributed by atoms with Crippen molar-refractivity contribution in [2.24, 2.45) is 0 Å². The SMILES string of the molecule is F[B-](F)(F)F.O=C1C(c2c(-c3ccccc3)ccc3ccccc23)=c2ccccc2=C/C1=C/N[C@@H]1CCCC[C@H]1N/C=C1/C=c2ccccc2=C(c2c(-c3ccccc3)ccc3ccccc23)C1=O.[Cr]. The largest absolute Gasteiger partial charge is 0.673 e. The van der Waals surface area contributed by atoms with Gasteiger partial charge in [0.1, 0.15) is 0 Å². The van der Waals surface area contributed by atoms with Crippen LogP contribution >= 0.6 is 0 Å². The van der Waals surface area contributed by atoms with Crippen molar-refractivity contribution >= 4 is 63.7 Å². The molecule has 2 atom stereocenters. The van der Waals surface area contributed by atoms with Gasteiger partial charge in [-0.25, -0.2) is 0 Å². The molecule has 2 N–H and O–H groups in total. The number of benzene rings is 8. The fraction of sp³-hybridized carbons (Fsp3) is 0.100. The minimum Gasteiger partial charge on any atom is -0.418 e. The first kappa shape index (κ1) is 47.6. The second-order valence-electron chi connectivity index (χ2n) is 17.5. The summed E-state index contributed by atoms with van der Waals surface area (Å²) in [6, 6.07) is 62.6. The van der Waals surface area contributed by atoms with Crippen LogP contribution in [0.1, 0.15) is 36.8 Å². The van der Waals surface area contributed by atoms with Crippen molar-refractivity contribution in [3.63, 3.8) is 0 Å². The van der Waals surface area contributed by atoms with E-state index in [-0.39, 0.29) is 41.0 Å². The average molecular weight is 966 g/mol. The van der Waals surface area contributed by atoms with Gasteiger partial charge >= 0.3 is 7.25 Å². The van der Waals surface area contributed by atoms with Crippen LogP contribution in [0, 0.1) is 0 Å². The minimum atomic E-state index is -6.00. The Hall–Kier alpha value is -7.50. The molecule has 0 unspecified atom stereocenters. The molecule has 0 amide bonds. The number of carbonyl (C=O) groups excluding carboxylic acids is 2. The third-order valence-electron chi connectivity index (χ3n) is 13.3. The molecule has 1 fully saturated rings. The molecule has 1 saturated carbocycles. The minimum absolute atomic E-state index is 0. The monoisotopic (exact) mass is 965 g/mol. The molecule has 0 radical (unpaired) electrons. The molecule has 0 aromatic heterocycles. The van der Waals surface area contributed by atoms with E-state index >= 15 is 9.59 Å². The Kier molecular flexibility index (Phi) is 14.0. The number of ketones is 2. The number of allylic oxidation sites excluding steroid dienone is 2. The molecule has 3 aliphatic rings. The van der Waals surface area contributed by atoms with Gasteiger partial charge in [-0.2, -0.15) is 0 Å². The molecule has 0 saturated heterocycles. The first-order chi connectivity index (χ1) is 33.6. The molecule has 0 bridgehead atoms. The maximum atomic E-state index is 15.0. The van der Waals surface area contributed by atoms with Gasteiger partial charge in [-0.05, 0) is 89.7 Å². The molecule has 8 aromatic rings. The number of rotatable bonds is 8. The number of Topliss-reactive ketones (excluding diaryl/α,β-unsaturated/α-hetero) is 2. The predicted octanol–water partition coefficient (Wildman–Crippen LogP) is 10.7. The zero-order valence-electron chi connectivity index (χ0n) is 37.9. The van der Waals surface area contributed by atoms with Gasteiger partial charge < -0.3 is 27.9 Å². The Balaban J connectivity index is 0.000000967. The van der Waals surface area contributed by atoms with Gasteiger partial charge in [0.25, 0.3) is 0 Å². The normalized spacial score (nSPS) is 17.7. The number of fused-ring (bicyclic) bond motifs is 4. The van der Waals surface area contributed by atoms with Gasteiger partial charge in [0.05, 0.1) is 0 Å². The first-order valence-corrected chi connectivity index (χ1v) is 23.3. The van der Waals surface area contributed by atoms with Crippen LogP contribution in [0.3, 0.4) is 0 Å². The number of nitrogens with one attached hydrogen (secondary N) is 2. The van der Waals surface area contributed by atoms with Crippen molar-refractivity contribution in [3.05, 3.63) is 238 Å². The van der Waals surface area contributed by atoms with Crippen LogP contribution in [0.4, 0.5) is 17.3 Å². The third kappa shape index (κ3) is 9.84. The maximum absolute atomic E-state index is 15.0. The summed E-state index contributed by atoms with van der Waals surface area (Å²) in [5.74, 6) is -0.00998. The van der Waals surface area contributed by atoms with Crippen LogP contribution in [0.2, 0.25) is 0 Å². The van der Waals surface area contributed by atoms with Gasteiger partial charge in [0.2, 0.25) is 0 Å². The van der Waals surface area contributed by atoms with Crippen molar-refractivity contribution in [1.82, 2.24) is 10.6 Å². The Morgan fingerprint density at radius 2 is 0.800 bits per heavy atom. The summed E-state index contributed by atoms with van der Waals surface area (Å²) in [5.41, 5.74) is 8.79. The Labute approximate surface area is 414 Å². The van der Waals surface area contributed by atoms with E-state index in [1.807, 2.05) is 97.3 Å². The van der Waals surface area contributed by atoms with E-state index in [1.165, 1.54) is 0 Å². The number of hydrogen-bond acceptors (Lipinski definition) is 4. The molecule has 4 nitrogen and oxygen atoms in total. The summed E-state index contributed by atoms with van der Waals surface area (Å²) in [6.45, 7) is 0. The van der Waals surface area contributed by atoms with Crippen molar-refractivity contribution < 1.29 is 44.2 Å². The second-order valence-corrected chi connectivity index (χ2v) is 17.5. The van der Waals surface area contributed by atoms with Crippen molar-refractivity contribution in [2.75, 3.05) is 0 Å². The Morgan fingerprint density at radius 3 is 1.21 bits per heavy atom. The molecule has 10 heteroatoms. The van der Waals surface area contributed by atoms with Crippen LogP contribution in [-0.2, 0) is 27.0 Å². The van der Waals surface area contributed by atoms with Gasteiger partial charge in [-0.3, -0.25) is 9.59 Å². The fourth-order valence-corrected chi connectivity index (χ4v) is 10.1. The predicted molar refractivity (Wildman–Crippen MR) is 273 cm³/mol. The Morgan fingerprint density at radius 1 is 0.443 bits per heavy atom. The maximum Gasteiger partial charge on any atom is 0.673 e. The van der Waals surface area contributed by atoms with E-state index in [0.717, 1.165) is 101 Å². The molecular weight excluding hydrogens is 919 g/mol. The topological polar surface area (TPSA) is 58.2 Å². The van der Waals surface area contributed by atoms with Crippen LogP contribution in [0.5, 0.6) is 0 Å². The van der Waals surface area contributed by atoms with E-state index in [9.17, 15) is 17.3 Å². The fourth-order valence-electron chi connectivity index (χ4n) is 10.1. The van der Waals surface area contributed by atoms with E-state index in [0.29, 0.717) is 22.3 Å². The second kappa shape index (κ2) is 20.6. The van der Waals surface area contributed by atoms with Gasteiger partial charge in [0, 0.05) is 75.3 Å². The van der Waals surface area contributed by atoms with Crippen molar-refractivity contribution in [2.45, 2.75) is 37.8 Å². The van der Waals surface area contributed by atoms with E-state index < -0.39 is 7.25 Å². The molecule has 3 aliphatic carbocycles. The van der Waals surface area contributed by atoms with Crippen LogP contribution < -0.4 is 31.5 Å². The average Bonchev–Trinajstić information content (AvgIpc) is 3.37. The van der Waals surface area contributed by atoms with Gasteiger partial charge in [-0.1, -0.05) is 195 Å². The standard InChI is InChI=1S/C60H46N2O2.BF4.Cr/c63-59-45(35-43-23-9-13-27-49(43)57(59)55-47-25-11-7-21-41(47)31-33-51(55)39-17-3-1-4-18-39)37-61-53-29-15-16-30-54(53)62-38-46-36-44-24-10-14-28-50(44)58(60(46)64)56-48-26-12-8-22-42(48)32-34-52(56)40-19-5-2-6-20-40;2-1(3,4)5;/h1-14,17-28,31-38,53-54,61-62H,15-16,29-30H2;;/q;-1;/b45-37-,46-38-;;/t53-,54-;;/m1../s1. The molecule has 0 heterocycles. The van der Waals surface area contributed by atoms with Crippen LogP contribution in [0.25, 0.3) is 67.1 Å². The quantitative estimate of drug-likeness (QED) is 0.0905. The molecule has 346 valence electrons. The number of hydrogen-bond donors (Lipinski definition) is 2. The van der Waals surface area contributed by atoms with Crippen LogP contribution in [0.15, 0.2) is 206 Å². The number of halogens is 4. The summed E-state index contributed by atoms with van der Waals surface area (Å²) in [7, 11) is -6.00. The van der Waals surface area contributed by atoms with Gasteiger partial charge in [-0.15, -0.1) is 0 Å². The van der Waals surface area contributed by atoms with Gasteiger partial charge in [0.15, 0.2) is 11.6 Å². The number of carbonyl (C=O) groups is 2.